The van der Waals surface area contributed by atoms with Crippen molar-refractivity contribution in [3.8, 4) is 11.5 Å². The SMILES string of the molecule is CC1NCCN(C(=O)CSCc2coc(-c3ccccc3)n2)C1C.Cl. The number of nitrogens with zero attached hydrogens (tertiary/aromatic N) is 2. The van der Waals surface area contributed by atoms with E-state index >= 15 is 0 Å². The Labute approximate surface area is 159 Å². The molecule has 2 heterocycles. The standard InChI is InChI=1S/C18H23N3O2S.ClH/c1-13-14(2)21(9-8-19-13)17(22)12-24-11-16-10-23-18(20-16)15-6-4-3-5-7-15;/h3-7,10,13-14,19H,8-9,11-12H2,1-2H3;1H. The number of hydrogen-bond donors (Lipinski definition) is 1. The van der Waals surface area contributed by atoms with Gasteiger partial charge in [-0.15, -0.1) is 24.2 Å². The molecule has 1 saturated heterocycles. The molecule has 1 fully saturated rings. The van der Waals surface area contributed by atoms with Gasteiger partial charge in [0.05, 0.1) is 11.4 Å². The fourth-order valence-electron chi connectivity index (χ4n) is 2.82. The van der Waals surface area contributed by atoms with Crippen LogP contribution in [0.1, 0.15) is 19.5 Å². The van der Waals surface area contributed by atoms with Gasteiger partial charge in [0, 0.05) is 36.5 Å². The monoisotopic (exact) mass is 381 g/mol. The summed E-state index contributed by atoms with van der Waals surface area (Å²) >= 11 is 1.59. The molecule has 1 amide bonds. The van der Waals surface area contributed by atoms with Gasteiger partial charge in [-0.25, -0.2) is 4.98 Å². The lowest BCUT2D eigenvalue weighted by atomic mass is 10.1. The molecule has 1 aromatic carbocycles. The number of carbonyl (C=O) groups is 1. The molecule has 7 heteroatoms. The molecule has 2 atom stereocenters. The molecule has 136 valence electrons. The van der Waals surface area contributed by atoms with Crippen LogP contribution in [0.3, 0.4) is 0 Å². The van der Waals surface area contributed by atoms with Crippen LogP contribution in [0.15, 0.2) is 41.0 Å². The first kappa shape index (κ1) is 19.8. The van der Waals surface area contributed by atoms with Crippen molar-refractivity contribution in [3.05, 3.63) is 42.3 Å². The summed E-state index contributed by atoms with van der Waals surface area (Å²) in [6.07, 6.45) is 1.68. The summed E-state index contributed by atoms with van der Waals surface area (Å²) < 4.78 is 5.53. The summed E-state index contributed by atoms with van der Waals surface area (Å²) in [6, 6.07) is 10.4. The summed E-state index contributed by atoms with van der Waals surface area (Å²) in [4.78, 5) is 18.9. The molecule has 2 unspecified atom stereocenters. The largest absolute Gasteiger partial charge is 0.444 e. The van der Waals surface area contributed by atoms with Crippen molar-refractivity contribution < 1.29 is 9.21 Å². The van der Waals surface area contributed by atoms with E-state index in [1.165, 1.54) is 0 Å². The molecule has 1 aliphatic heterocycles. The van der Waals surface area contributed by atoms with Gasteiger partial charge >= 0.3 is 0 Å². The zero-order chi connectivity index (χ0) is 16.9. The Balaban J connectivity index is 0.00000225. The number of aromatic nitrogens is 1. The molecule has 3 rings (SSSR count). The number of thioether (sulfide) groups is 1. The summed E-state index contributed by atoms with van der Waals surface area (Å²) in [6.45, 7) is 5.87. The quantitative estimate of drug-likeness (QED) is 0.861. The maximum Gasteiger partial charge on any atom is 0.232 e. The van der Waals surface area contributed by atoms with Gasteiger partial charge in [0.15, 0.2) is 0 Å². The fraction of sp³-hybridized carbons (Fsp3) is 0.444. The Kier molecular flexibility index (Phi) is 7.35. The lowest BCUT2D eigenvalue weighted by Gasteiger charge is -2.38. The average Bonchev–Trinajstić information content (AvgIpc) is 3.07. The summed E-state index contributed by atoms with van der Waals surface area (Å²) in [7, 11) is 0. The number of oxazole rings is 1. The van der Waals surface area contributed by atoms with Gasteiger partial charge in [-0.1, -0.05) is 18.2 Å². The number of amides is 1. The number of halogens is 1. The molecule has 0 saturated carbocycles. The molecule has 1 aliphatic rings. The summed E-state index contributed by atoms with van der Waals surface area (Å²) in [5.74, 6) is 1.98. The first-order chi connectivity index (χ1) is 11.6. The Hall–Kier alpha value is -1.50. The lowest BCUT2D eigenvalue weighted by molar-refractivity contribution is -0.131. The van der Waals surface area contributed by atoms with Crippen LogP contribution in [-0.4, -0.2) is 46.7 Å². The van der Waals surface area contributed by atoms with Gasteiger partial charge in [0.1, 0.15) is 6.26 Å². The zero-order valence-electron chi connectivity index (χ0n) is 14.5. The highest BCUT2D eigenvalue weighted by Gasteiger charge is 2.27. The first-order valence-corrected chi connectivity index (χ1v) is 9.41. The van der Waals surface area contributed by atoms with Crippen molar-refractivity contribution in [2.24, 2.45) is 0 Å². The van der Waals surface area contributed by atoms with Crippen molar-refractivity contribution in [1.29, 1.82) is 0 Å². The third-order valence-electron chi connectivity index (χ3n) is 4.40. The maximum absolute atomic E-state index is 12.4. The van der Waals surface area contributed by atoms with E-state index in [0.717, 1.165) is 24.3 Å². The Morgan fingerprint density at radius 3 is 2.88 bits per heavy atom. The van der Waals surface area contributed by atoms with E-state index in [4.69, 9.17) is 4.42 Å². The van der Waals surface area contributed by atoms with Crippen molar-refractivity contribution in [1.82, 2.24) is 15.2 Å². The van der Waals surface area contributed by atoms with E-state index in [9.17, 15) is 4.79 Å². The van der Waals surface area contributed by atoms with E-state index in [2.05, 4.69) is 24.1 Å². The van der Waals surface area contributed by atoms with Crippen molar-refractivity contribution in [2.75, 3.05) is 18.8 Å². The Morgan fingerprint density at radius 2 is 2.12 bits per heavy atom. The molecule has 0 bridgehead atoms. The van der Waals surface area contributed by atoms with Crippen LogP contribution in [0, 0.1) is 0 Å². The van der Waals surface area contributed by atoms with E-state index in [-0.39, 0.29) is 24.4 Å². The van der Waals surface area contributed by atoms with Crippen LogP contribution in [0.2, 0.25) is 0 Å². The molecular formula is C18H24ClN3O2S. The normalized spacial score (nSPS) is 20.2. The molecule has 0 radical (unpaired) electrons. The average molecular weight is 382 g/mol. The fourth-order valence-corrected chi connectivity index (χ4v) is 3.61. The minimum Gasteiger partial charge on any atom is -0.444 e. The molecule has 25 heavy (non-hydrogen) atoms. The molecule has 1 N–H and O–H groups in total. The van der Waals surface area contributed by atoms with E-state index in [0.29, 0.717) is 23.4 Å². The summed E-state index contributed by atoms with van der Waals surface area (Å²) in [5.41, 5.74) is 1.84. The van der Waals surface area contributed by atoms with Gasteiger partial charge in [-0.3, -0.25) is 4.79 Å². The van der Waals surface area contributed by atoms with Crippen LogP contribution in [0.25, 0.3) is 11.5 Å². The number of piperazine rings is 1. The number of benzene rings is 1. The number of rotatable bonds is 5. The van der Waals surface area contributed by atoms with E-state index < -0.39 is 0 Å². The van der Waals surface area contributed by atoms with Crippen molar-refractivity contribution in [2.45, 2.75) is 31.7 Å². The van der Waals surface area contributed by atoms with E-state index in [1.54, 1.807) is 18.0 Å². The van der Waals surface area contributed by atoms with Crippen LogP contribution in [0.4, 0.5) is 0 Å². The minimum absolute atomic E-state index is 0. The number of hydrogen-bond acceptors (Lipinski definition) is 5. The van der Waals surface area contributed by atoms with Crippen molar-refractivity contribution in [3.63, 3.8) is 0 Å². The summed E-state index contributed by atoms with van der Waals surface area (Å²) in [5, 5.41) is 3.39. The Bertz CT molecular complexity index is 680. The predicted octanol–water partition coefficient (Wildman–Crippen LogP) is 3.21. The first-order valence-electron chi connectivity index (χ1n) is 8.25. The molecule has 1 aromatic heterocycles. The highest BCUT2D eigenvalue weighted by molar-refractivity contribution is 7.99. The van der Waals surface area contributed by atoms with Crippen LogP contribution < -0.4 is 5.32 Å². The van der Waals surface area contributed by atoms with Gasteiger partial charge in [-0.2, -0.15) is 0 Å². The van der Waals surface area contributed by atoms with Gasteiger partial charge < -0.3 is 14.6 Å². The second-order valence-corrected chi connectivity index (χ2v) is 7.06. The van der Waals surface area contributed by atoms with Crippen LogP contribution in [-0.2, 0) is 10.5 Å². The second-order valence-electron chi connectivity index (χ2n) is 6.07. The zero-order valence-corrected chi connectivity index (χ0v) is 16.1. The minimum atomic E-state index is 0. The number of carbonyl (C=O) groups excluding carboxylic acids is 1. The third-order valence-corrected chi connectivity index (χ3v) is 5.35. The molecule has 0 aliphatic carbocycles. The highest BCUT2D eigenvalue weighted by Crippen LogP contribution is 2.21. The molecule has 5 nitrogen and oxygen atoms in total. The van der Waals surface area contributed by atoms with Crippen molar-refractivity contribution >= 4 is 30.1 Å². The van der Waals surface area contributed by atoms with Gasteiger partial charge in [0.2, 0.25) is 11.8 Å². The topological polar surface area (TPSA) is 58.4 Å². The van der Waals surface area contributed by atoms with E-state index in [1.807, 2.05) is 35.2 Å². The Morgan fingerprint density at radius 1 is 1.36 bits per heavy atom. The molecule has 0 spiro atoms. The number of nitrogens with one attached hydrogen (secondary N) is 1. The molecular weight excluding hydrogens is 358 g/mol. The maximum atomic E-state index is 12.4. The third kappa shape index (κ3) is 5.00. The van der Waals surface area contributed by atoms with Gasteiger partial charge in [0.25, 0.3) is 0 Å². The van der Waals surface area contributed by atoms with Crippen LogP contribution in [0.5, 0.6) is 0 Å². The smallest absolute Gasteiger partial charge is 0.232 e. The van der Waals surface area contributed by atoms with Crippen LogP contribution >= 0.6 is 24.2 Å². The highest BCUT2D eigenvalue weighted by atomic mass is 35.5. The van der Waals surface area contributed by atoms with Gasteiger partial charge in [-0.05, 0) is 26.0 Å². The molecule has 2 aromatic rings. The predicted molar refractivity (Wildman–Crippen MR) is 104 cm³/mol. The lowest BCUT2D eigenvalue weighted by Crippen LogP contribution is -2.57. The second kappa shape index (κ2) is 9.27.